The van der Waals surface area contributed by atoms with Crippen molar-refractivity contribution in [3.63, 3.8) is 0 Å². The predicted molar refractivity (Wildman–Crippen MR) is 86.4 cm³/mol. The van der Waals surface area contributed by atoms with Crippen LogP contribution >= 0.6 is 0 Å². The number of aromatic amines is 1. The van der Waals surface area contributed by atoms with Crippen LogP contribution in [0.4, 0.5) is 14.5 Å². The fourth-order valence-corrected chi connectivity index (χ4v) is 2.57. The Labute approximate surface area is 146 Å². The van der Waals surface area contributed by atoms with E-state index in [0.717, 1.165) is 18.2 Å². The van der Waals surface area contributed by atoms with Gasteiger partial charge in [0.05, 0.1) is 5.69 Å². The number of hydrogen-bond acceptors (Lipinski definition) is 4. The molecule has 1 aromatic carbocycles. The Hall–Kier alpha value is -3.30. The van der Waals surface area contributed by atoms with Crippen LogP contribution in [0.15, 0.2) is 24.4 Å². The van der Waals surface area contributed by atoms with Crippen molar-refractivity contribution in [2.45, 2.75) is 18.9 Å². The van der Waals surface area contributed by atoms with E-state index >= 15 is 0 Å². The molecule has 1 atom stereocenters. The molecule has 8 nitrogen and oxygen atoms in total. The summed E-state index contributed by atoms with van der Waals surface area (Å²) in [5, 5.41) is 13.8. The molecular weight excluding hydrogens is 348 g/mol. The molecule has 1 aliphatic rings. The van der Waals surface area contributed by atoms with Crippen LogP contribution in [0.2, 0.25) is 0 Å². The van der Waals surface area contributed by atoms with Gasteiger partial charge in [0.25, 0.3) is 11.8 Å². The summed E-state index contributed by atoms with van der Waals surface area (Å²) in [4.78, 5) is 35.6. The number of nitrogens with zero attached hydrogens (tertiary/aromatic N) is 1. The standard InChI is InChI=1S/C16H15F2N5O3/c17-9-2-1-3-10(18)13(9)15(25)22-11-7-20-23-14(11)16(26)21-8-4-5-12(24)19-6-8/h1-3,7-8H,4-6H2,(H,19,24)(H,20,23)(H,21,26)(H,22,25)/t8-/m0/s1. The Kier molecular flexibility index (Phi) is 4.92. The van der Waals surface area contributed by atoms with Crippen molar-refractivity contribution in [2.75, 3.05) is 11.9 Å². The largest absolute Gasteiger partial charge is 0.354 e. The molecule has 1 saturated heterocycles. The highest BCUT2D eigenvalue weighted by Gasteiger charge is 2.24. The molecule has 136 valence electrons. The SMILES string of the molecule is O=C1CC[C@H](NC(=O)c2n[nH]cc2NC(=O)c2c(F)cccc2F)CN1. The molecule has 2 aromatic rings. The summed E-state index contributed by atoms with van der Waals surface area (Å²) in [5.74, 6) is -3.75. The first-order valence-electron chi connectivity index (χ1n) is 7.82. The van der Waals surface area contributed by atoms with Crippen LogP contribution < -0.4 is 16.0 Å². The lowest BCUT2D eigenvalue weighted by Crippen LogP contribution is -2.47. The number of nitrogens with one attached hydrogen (secondary N) is 4. The van der Waals surface area contributed by atoms with Gasteiger partial charge in [0.15, 0.2) is 5.69 Å². The van der Waals surface area contributed by atoms with Gasteiger partial charge in [-0.05, 0) is 18.6 Å². The molecule has 3 amide bonds. The highest BCUT2D eigenvalue weighted by atomic mass is 19.1. The van der Waals surface area contributed by atoms with Gasteiger partial charge in [-0.2, -0.15) is 5.10 Å². The maximum Gasteiger partial charge on any atom is 0.274 e. The Morgan fingerprint density at radius 3 is 2.58 bits per heavy atom. The van der Waals surface area contributed by atoms with E-state index in [4.69, 9.17) is 0 Å². The van der Waals surface area contributed by atoms with E-state index in [0.29, 0.717) is 12.8 Å². The van der Waals surface area contributed by atoms with Crippen molar-refractivity contribution in [1.29, 1.82) is 0 Å². The fourth-order valence-electron chi connectivity index (χ4n) is 2.57. The van der Waals surface area contributed by atoms with Gasteiger partial charge >= 0.3 is 0 Å². The minimum absolute atomic E-state index is 0.0185. The zero-order valence-corrected chi connectivity index (χ0v) is 13.4. The molecule has 10 heteroatoms. The van der Waals surface area contributed by atoms with Gasteiger partial charge < -0.3 is 16.0 Å². The third kappa shape index (κ3) is 3.68. The molecule has 0 saturated carbocycles. The molecule has 0 aliphatic carbocycles. The highest BCUT2D eigenvalue weighted by molar-refractivity contribution is 6.08. The molecule has 4 N–H and O–H groups in total. The van der Waals surface area contributed by atoms with Crippen LogP contribution in [0.3, 0.4) is 0 Å². The number of piperidine rings is 1. The average Bonchev–Trinajstić information content (AvgIpc) is 3.05. The van der Waals surface area contributed by atoms with Crippen molar-refractivity contribution in [1.82, 2.24) is 20.8 Å². The van der Waals surface area contributed by atoms with E-state index in [2.05, 4.69) is 26.1 Å². The summed E-state index contributed by atoms with van der Waals surface area (Å²) in [6.45, 7) is 0.289. The minimum Gasteiger partial charge on any atom is -0.354 e. The van der Waals surface area contributed by atoms with Crippen molar-refractivity contribution in [2.24, 2.45) is 0 Å². The lowest BCUT2D eigenvalue weighted by Gasteiger charge is -2.23. The number of carbonyl (C=O) groups excluding carboxylic acids is 3. The second kappa shape index (κ2) is 7.30. The number of benzene rings is 1. The minimum atomic E-state index is -1.04. The summed E-state index contributed by atoms with van der Waals surface area (Å²) in [6.07, 6.45) is 2.00. The summed E-state index contributed by atoms with van der Waals surface area (Å²) < 4.78 is 27.4. The third-order valence-corrected chi connectivity index (χ3v) is 3.89. The molecule has 26 heavy (non-hydrogen) atoms. The van der Waals surface area contributed by atoms with Crippen LogP contribution in [-0.4, -0.2) is 40.5 Å². The summed E-state index contributed by atoms with van der Waals surface area (Å²) >= 11 is 0. The monoisotopic (exact) mass is 363 g/mol. The highest BCUT2D eigenvalue weighted by Crippen LogP contribution is 2.17. The van der Waals surface area contributed by atoms with E-state index in [1.54, 1.807) is 0 Å². The number of anilines is 1. The van der Waals surface area contributed by atoms with E-state index in [9.17, 15) is 23.2 Å². The maximum absolute atomic E-state index is 13.7. The normalized spacial score (nSPS) is 16.7. The van der Waals surface area contributed by atoms with E-state index in [-0.39, 0.29) is 29.9 Å². The van der Waals surface area contributed by atoms with Gasteiger partial charge in [-0.1, -0.05) is 6.07 Å². The van der Waals surface area contributed by atoms with E-state index in [1.807, 2.05) is 0 Å². The zero-order valence-electron chi connectivity index (χ0n) is 13.4. The molecule has 0 bridgehead atoms. The van der Waals surface area contributed by atoms with Crippen LogP contribution in [-0.2, 0) is 4.79 Å². The smallest absolute Gasteiger partial charge is 0.274 e. The van der Waals surface area contributed by atoms with Gasteiger partial charge in [-0.25, -0.2) is 8.78 Å². The molecule has 0 spiro atoms. The van der Waals surface area contributed by atoms with E-state index in [1.165, 1.54) is 6.20 Å². The Bertz CT molecular complexity index is 837. The van der Waals surface area contributed by atoms with Gasteiger partial charge in [0.2, 0.25) is 5.91 Å². The summed E-state index contributed by atoms with van der Waals surface area (Å²) in [6, 6.07) is 2.78. The lowest BCUT2D eigenvalue weighted by atomic mass is 10.1. The van der Waals surface area contributed by atoms with Crippen LogP contribution in [0.5, 0.6) is 0 Å². The Morgan fingerprint density at radius 1 is 1.19 bits per heavy atom. The number of H-pyrrole nitrogens is 1. The Morgan fingerprint density at radius 2 is 1.92 bits per heavy atom. The van der Waals surface area contributed by atoms with Crippen molar-refractivity contribution >= 4 is 23.4 Å². The van der Waals surface area contributed by atoms with Gasteiger partial charge in [0.1, 0.15) is 17.2 Å². The van der Waals surface area contributed by atoms with Crippen LogP contribution in [0, 0.1) is 11.6 Å². The number of amides is 3. The quantitative estimate of drug-likeness (QED) is 0.647. The summed E-state index contributed by atoms with van der Waals surface area (Å²) in [7, 11) is 0. The second-order valence-corrected chi connectivity index (χ2v) is 5.71. The molecule has 1 aliphatic heterocycles. The van der Waals surface area contributed by atoms with E-state index < -0.39 is 29.0 Å². The maximum atomic E-state index is 13.7. The average molecular weight is 363 g/mol. The third-order valence-electron chi connectivity index (χ3n) is 3.89. The topological polar surface area (TPSA) is 116 Å². The van der Waals surface area contributed by atoms with Crippen LogP contribution in [0.25, 0.3) is 0 Å². The molecule has 1 fully saturated rings. The number of hydrogen-bond donors (Lipinski definition) is 4. The lowest BCUT2D eigenvalue weighted by molar-refractivity contribution is -0.122. The first kappa shape index (κ1) is 17.5. The van der Waals surface area contributed by atoms with Crippen molar-refractivity contribution < 1.29 is 23.2 Å². The van der Waals surface area contributed by atoms with Crippen molar-refractivity contribution in [3.05, 3.63) is 47.3 Å². The second-order valence-electron chi connectivity index (χ2n) is 5.71. The fraction of sp³-hybridized carbons (Fsp3) is 0.250. The number of carbonyl (C=O) groups is 3. The molecule has 0 radical (unpaired) electrons. The number of aromatic nitrogens is 2. The van der Waals surface area contributed by atoms with Gasteiger partial charge in [0, 0.05) is 25.2 Å². The van der Waals surface area contributed by atoms with Gasteiger partial charge in [-0.3, -0.25) is 19.5 Å². The first-order chi connectivity index (χ1) is 12.5. The van der Waals surface area contributed by atoms with Crippen molar-refractivity contribution in [3.8, 4) is 0 Å². The summed E-state index contributed by atoms with van der Waals surface area (Å²) in [5.41, 5.74) is -0.906. The molecule has 1 aromatic heterocycles. The molecular formula is C16H15F2N5O3. The predicted octanol–water partition coefficient (Wildman–Crippen LogP) is 0.949. The molecule has 3 rings (SSSR count). The number of halogens is 2. The van der Waals surface area contributed by atoms with Crippen LogP contribution in [0.1, 0.15) is 33.7 Å². The first-order valence-corrected chi connectivity index (χ1v) is 7.82. The Balaban J connectivity index is 1.71. The molecule has 0 unspecified atom stereocenters. The number of rotatable bonds is 4. The van der Waals surface area contributed by atoms with Gasteiger partial charge in [-0.15, -0.1) is 0 Å². The zero-order chi connectivity index (χ0) is 18.7. The molecule has 2 heterocycles.